The van der Waals surface area contributed by atoms with Crippen LogP contribution in [0.5, 0.6) is 23.0 Å². The average Bonchev–Trinajstić information content (AvgIpc) is 2.58. The van der Waals surface area contributed by atoms with Crippen LogP contribution in [0, 0.1) is 0 Å². The van der Waals surface area contributed by atoms with Gasteiger partial charge < -0.3 is 24.7 Å². The molecule has 0 aromatic heterocycles. The third-order valence-corrected chi connectivity index (χ3v) is 3.85. The Labute approximate surface area is 141 Å². The molecule has 0 saturated heterocycles. The van der Waals surface area contributed by atoms with Crippen LogP contribution in [0.15, 0.2) is 30.3 Å². The van der Waals surface area contributed by atoms with Gasteiger partial charge in [-0.05, 0) is 12.1 Å². The van der Waals surface area contributed by atoms with Crippen molar-refractivity contribution in [1.29, 1.82) is 0 Å². The predicted molar refractivity (Wildman–Crippen MR) is 91.2 cm³/mol. The number of hydrogen-bond acceptors (Lipinski definition) is 5. The molecule has 0 amide bonds. The lowest BCUT2D eigenvalue weighted by Gasteiger charge is -2.30. The highest BCUT2D eigenvalue weighted by Gasteiger charge is 2.31. The van der Waals surface area contributed by atoms with Crippen LogP contribution in [0.1, 0.15) is 11.7 Å². The summed E-state index contributed by atoms with van der Waals surface area (Å²) in [4.78, 5) is 0. The van der Waals surface area contributed by atoms with E-state index in [9.17, 15) is 0 Å². The van der Waals surface area contributed by atoms with Crippen molar-refractivity contribution < 1.29 is 18.9 Å². The fourth-order valence-corrected chi connectivity index (χ4v) is 2.87. The summed E-state index contributed by atoms with van der Waals surface area (Å²) < 4.78 is 22.5. The quantitative estimate of drug-likeness (QED) is 0.928. The molecule has 2 aromatic carbocycles. The molecule has 1 unspecified atom stereocenters. The maximum atomic E-state index is 6.00. The second-order valence-corrected chi connectivity index (χ2v) is 4.95. The first-order valence-corrected chi connectivity index (χ1v) is 7.04. The molecule has 2 N–H and O–H groups in total. The lowest BCUT2D eigenvalue weighted by atomic mass is 9.91. The standard InChI is InChI=1S/C17H19NO4.ClH/c1-19-13-8-11-14(9-18)22-12-7-5-4-6-10(12)15(11)17(21-3)16(13)20-2;/h4-8,14H,9,18H2,1-3H3;1H. The van der Waals surface area contributed by atoms with Gasteiger partial charge in [-0.2, -0.15) is 0 Å². The molecule has 0 bridgehead atoms. The van der Waals surface area contributed by atoms with Crippen LogP contribution in [-0.4, -0.2) is 27.9 Å². The van der Waals surface area contributed by atoms with Crippen molar-refractivity contribution in [2.24, 2.45) is 5.73 Å². The van der Waals surface area contributed by atoms with E-state index in [1.54, 1.807) is 21.3 Å². The fraction of sp³-hybridized carbons (Fsp3) is 0.294. The Hall–Kier alpha value is -2.11. The molecule has 0 radical (unpaired) electrons. The lowest BCUT2D eigenvalue weighted by molar-refractivity contribution is 0.208. The Morgan fingerprint density at radius 1 is 1.04 bits per heavy atom. The van der Waals surface area contributed by atoms with Crippen molar-refractivity contribution >= 4 is 12.4 Å². The number of methoxy groups -OCH3 is 3. The molecule has 3 rings (SSSR count). The smallest absolute Gasteiger partial charge is 0.203 e. The van der Waals surface area contributed by atoms with Gasteiger partial charge in [-0.15, -0.1) is 12.4 Å². The van der Waals surface area contributed by atoms with Crippen molar-refractivity contribution in [3.05, 3.63) is 35.9 Å². The Balaban J connectivity index is 0.00000192. The summed E-state index contributed by atoms with van der Waals surface area (Å²) in [7, 11) is 4.81. The van der Waals surface area contributed by atoms with Crippen molar-refractivity contribution in [2.75, 3.05) is 27.9 Å². The van der Waals surface area contributed by atoms with E-state index in [0.717, 1.165) is 22.4 Å². The number of benzene rings is 2. The van der Waals surface area contributed by atoms with E-state index >= 15 is 0 Å². The molecular formula is C17H20ClNO4. The zero-order chi connectivity index (χ0) is 15.7. The number of para-hydroxylation sites is 1. The van der Waals surface area contributed by atoms with Gasteiger partial charge in [0.25, 0.3) is 0 Å². The molecule has 5 nitrogen and oxygen atoms in total. The molecule has 6 heteroatoms. The van der Waals surface area contributed by atoms with Gasteiger partial charge in [-0.1, -0.05) is 18.2 Å². The topological polar surface area (TPSA) is 62.9 Å². The van der Waals surface area contributed by atoms with Gasteiger partial charge in [0.1, 0.15) is 11.9 Å². The highest BCUT2D eigenvalue weighted by molar-refractivity contribution is 5.85. The minimum absolute atomic E-state index is 0. The van der Waals surface area contributed by atoms with Crippen LogP contribution in [0.3, 0.4) is 0 Å². The van der Waals surface area contributed by atoms with Gasteiger partial charge in [0.05, 0.1) is 21.3 Å². The van der Waals surface area contributed by atoms with Crippen molar-refractivity contribution in [3.8, 4) is 34.1 Å². The van der Waals surface area contributed by atoms with Gasteiger partial charge in [-0.3, -0.25) is 0 Å². The normalized spacial score (nSPS) is 14.7. The molecule has 0 spiro atoms. The van der Waals surface area contributed by atoms with Crippen LogP contribution < -0.4 is 24.7 Å². The Morgan fingerprint density at radius 2 is 1.74 bits per heavy atom. The summed E-state index contributed by atoms with van der Waals surface area (Å²) in [5, 5.41) is 0. The van der Waals surface area contributed by atoms with Crippen LogP contribution >= 0.6 is 12.4 Å². The SMILES string of the molecule is COc1cc2c(c(OC)c1OC)-c1ccccc1OC2CN.Cl. The molecule has 1 aliphatic heterocycles. The first-order chi connectivity index (χ1) is 10.7. The maximum absolute atomic E-state index is 6.00. The van der Waals surface area contributed by atoms with Crippen molar-refractivity contribution in [3.63, 3.8) is 0 Å². The number of fused-ring (bicyclic) bond motifs is 3. The van der Waals surface area contributed by atoms with Gasteiger partial charge in [-0.25, -0.2) is 0 Å². The molecule has 0 fully saturated rings. The van der Waals surface area contributed by atoms with Crippen LogP contribution in [0.4, 0.5) is 0 Å². The molecule has 0 saturated carbocycles. The number of halogens is 1. The summed E-state index contributed by atoms with van der Waals surface area (Å²) in [5.74, 6) is 2.58. The highest BCUT2D eigenvalue weighted by Crippen LogP contribution is 2.53. The van der Waals surface area contributed by atoms with E-state index in [0.29, 0.717) is 23.8 Å². The summed E-state index contributed by atoms with van der Waals surface area (Å²) in [6.45, 7) is 0.361. The van der Waals surface area contributed by atoms with Crippen LogP contribution in [0.2, 0.25) is 0 Å². The molecule has 124 valence electrons. The third kappa shape index (κ3) is 2.66. The molecular weight excluding hydrogens is 318 g/mol. The molecule has 1 heterocycles. The minimum Gasteiger partial charge on any atom is -0.493 e. The predicted octanol–water partition coefficient (Wildman–Crippen LogP) is 3.19. The lowest BCUT2D eigenvalue weighted by Crippen LogP contribution is -2.22. The van der Waals surface area contributed by atoms with Crippen LogP contribution in [0.25, 0.3) is 11.1 Å². The van der Waals surface area contributed by atoms with Gasteiger partial charge >= 0.3 is 0 Å². The number of nitrogens with two attached hydrogens (primary N) is 1. The van der Waals surface area contributed by atoms with E-state index in [1.165, 1.54) is 0 Å². The Bertz CT molecular complexity index is 705. The van der Waals surface area contributed by atoms with Gasteiger partial charge in [0.15, 0.2) is 11.5 Å². The summed E-state index contributed by atoms with van der Waals surface area (Å²) in [5.41, 5.74) is 8.73. The zero-order valence-corrected chi connectivity index (χ0v) is 14.1. The second kappa shape index (κ2) is 6.98. The molecule has 2 aromatic rings. The third-order valence-electron chi connectivity index (χ3n) is 3.85. The largest absolute Gasteiger partial charge is 0.493 e. The van der Waals surface area contributed by atoms with E-state index in [2.05, 4.69) is 0 Å². The van der Waals surface area contributed by atoms with Crippen molar-refractivity contribution in [1.82, 2.24) is 0 Å². The summed E-state index contributed by atoms with van der Waals surface area (Å²) >= 11 is 0. The first kappa shape index (κ1) is 17.2. The van der Waals surface area contributed by atoms with E-state index < -0.39 is 0 Å². The molecule has 0 aliphatic carbocycles. The maximum Gasteiger partial charge on any atom is 0.203 e. The Morgan fingerprint density at radius 3 is 2.35 bits per heavy atom. The summed E-state index contributed by atoms with van der Waals surface area (Å²) in [6.07, 6.45) is -0.251. The fourth-order valence-electron chi connectivity index (χ4n) is 2.87. The van der Waals surface area contributed by atoms with Gasteiger partial charge in [0.2, 0.25) is 5.75 Å². The minimum atomic E-state index is -0.251. The second-order valence-electron chi connectivity index (χ2n) is 4.95. The average molecular weight is 338 g/mol. The monoisotopic (exact) mass is 337 g/mol. The number of ether oxygens (including phenoxy) is 4. The molecule has 1 atom stereocenters. The summed E-state index contributed by atoms with van der Waals surface area (Å²) in [6, 6.07) is 9.73. The molecule has 1 aliphatic rings. The van der Waals surface area contributed by atoms with Crippen LogP contribution in [-0.2, 0) is 0 Å². The number of hydrogen-bond donors (Lipinski definition) is 1. The zero-order valence-electron chi connectivity index (χ0n) is 13.3. The first-order valence-electron chi connectivity index (χ1n) is 7.04. The highest BCUT2D eigenvalue weighted by atomic mass is 35.5. The van der Waals surface area contributed by atoms with E-state index in [4.69, 9.17) is 24.7 Å². The van der Waals surface area contributed by atoms with Crippen molar-refractivity contribution in [2.45, 2.75) is 6.10 Å². The molecule has 23 heavy (non-hydrogen) atoms. The van der Waals surface area contributed by atoms with E-state index in [-0.39, 0.29) is 18.5 Å². The van der Waals surface area contributed by atoms with E-state index in [1.807, 2.05) is 30.3 Å². The Kier molecular flexibility index (Phi) is 5.23. The van der Waals surface area contributed by atoms with Gasteiger partial charge in [0, 0.05) is 23.2 Å². The number of rotatable bonds is 4.